The lowest BCUT2D eigenvalue weighted by Crippen LogP contribution is -2.05. The summed E-state index contributed by atoms with van der Waals surface area (Å²) >= 11 is 0. The van der Waals surface area contributed by atoms with Crippen LogP contribution in [0.15, 0.2) is 23.0 Å². The normalized spacial score (nSPS) is 11.0. The molecule has 2 aromatic rings. The van der Waals surface area contributed by atoms with Gasteiger partial charge in [-0.3, -0.25) is 4.79 Å². The summed E-state index contributed by atoms with van der Waals surface area (Å²) in [6, 6.07) is 5.00. The minimum absolute atomic E-state index is 0.393. The van der Waals surface area contributed by atoms with Crippen LogP contribution in [0.25, 0.3) is 10.9 Å². The molecule has 22 heavy (non-hydrogen) atoms. The molecular weight excluding hydrogens is 282 g/mol. The van der Waals surface area contributed by atoms with E-state index in [1.54, 1.807) is 18.2 Å². The summed E-state index contributed by atoms with van der Waals surface area (Å²) in [7, 11) is 0. The van der Waals surface area contributed by atoms with Crippen molar-refractivity contribution in [2.24, 2.45) is 0 Å². The lowest BCUT2D eigenvalue weighted by molar-refractivity contribution is 0.304. The second-order valence-corrected chi connectivity index (χ2v) is 5.47. The third-order valence-corrected chi connectivity index (χ3v) is 3.70. The van der Waals surface area contributed by atoms with Crippen LogP contribution in [-0.2, 0) is 0 Å². The van der Waals surface area contributed by atoms with Crippen LogP contribution in [0.1, 0.15) is 45.4 Å². The van der Waals surface area contributed by atoms with E-state index in [4.69, 9.17) is 4.74 Å². The van der Waals surface area contributed by atoms with Crippen LogP contribution < -0.4 is 10.3 Å². The van der Waals surface area contributed by atoms with Crippen LogP contribution >= 0.6 is 0 Å². The molecule has 0 atom stereocenters. The van der Waals surface area contributed by atoms with E-state index in [1.807, 2.05) is 0 Å². The number of rotatable bonds is 8. The zero-order chi connectivity index (χ0) is 15.9. The van der Waals surface area contributed by atoms with Gasteiger partial charge in [-0.25, -0.2) is 0 Å². The van der Waals surface area contributed by atoms with Crippen LogP contribution in [-0.4, -0.2) is 21.8 Å². The summed E-state index contributed by atoms with van der Waals surface area (Å²) in [4.78, 5) is 14.0. The fourth-order valence-electron chi connectivity index (χ4n) is 2.41. The van der Waals surface area contributed by atoms with Gasteiger partial charge in [-0.1, -0.05) is 39.0 Å². The molecule has 0 aliphatic carbocycles. The molecule has 1 aromatic carbocycles. The van der Waals surface area contributed by atoms with E-state index in [9.17, 15) is 15.0 Å². The largest absolute Gasteiger partial charge is 0.504 e. The monoisotopic (exact) mass is 305 g/mol. The molecule has 3 N–H and O–H groups in total. The molecule has 120 valence electrons. The number of nitrogens with one attached hydrogen (secondary N) is 1. The molecule has 0 radical (unpaired) electrons. The van der Waals surface area contributed by atoms with Gasteiger partial charge in [0.05, 0.1) is 12.1 Å². The quantitative estimate of drug-likeness (QED) is 0.650. The first-order valence-electron chi connectivity index (χ1n) is 7.84. The zero-order valence-corrected chi connectivity index (χ0v) is 12.9. The molecule has 0 fully saturated rings. The number of ether oxygens (including phenoxy) is 1. The lowest BCUT2D eigenvalue weighted by Gasteiger charge is -2.08. The van der Waals surface area contributed by atoms with Crippen molar-refractivity contribution in [2.45, 2.75) is 45.4 Å². The number of H-pyrrole nitrogens is 1. The van der Waals surface area contributed by atoms with E-state index in [0.717, 1.165) is 12.8 Å². The highest BCUT2D eigenvalue weighted by atomic mass is 16.5. The summed E-state index contributed by atoms with van der Waals surface area (Å²) in [5.41, 5.74) is -0.265. The van der Waals surface area contributed by atoms with Gasteiger partial charge in [0.1, 0.15) is 5.75 Å². The number of hydrogen-bond donors (Lipinski definition) is 3. The summed E-state index contributed by atoms with van der Waals surface area (Å²) in [5.74, 6) is -0.420. The first-order chi connectivity index (χ1) is 10.6. The van der Waals surface area contributed by atoms with Crippen LogP contribution in [0.3, 0.4) is 0 Å². The van der Waals surface area contributed by atoms with E-state index >= 15 is 0 Å². The summed E-state index contributed by atoms with van der Waals surface area (Å²) < 4.78 is 5.66. The molecule has 5 heteroatoms. The van der Waals surface area contributed by atoms with Gasteiger partial charge in [0, 0.05) is 11.5 Å². The van der Waals surface area contributed by atoms with Crippen LogP contribution in [0.2, 0.25) is 0 Å². The van der Waals surface area contributed by atoms with Crippen molar-refractivity contribution in [3.05, 3.63) is 28.6 Å². The predicted molar refractivity (Wildman–Crippen MR) is 86.8 cm³/mol. The smallest absolute Gasteiger partial charge is 0.294 e. The minimum Gasteiger partial charge on any atom is -0.504 e. The molecule has 0 saturated carbocycles. The number of aromatic nitrogens is 1. The van der Waals surface area contributed by atoms with Gasteiger partial charge in [-0.2, -0.15) is 0 Å². The van der Waals surface area contributed by atoms with Gasteiger partial charge in [0.2, 0.25) is 5.75 Å². The van der Waals surface area contributed by atoms with Crippen molar-refractivity contribution < 1.29 is 14.9 Å². The van der Waals surface area contributed by atoms with E-state index in [2.05, 4.69) is 11.9 Å². The Hall–Kier alpha value is -2.17. The van der Waals surface area contributed by atoms with Crippen molar-refractivity contribution in [3.8, 4) is 17.2 Å². The number of aromatic hydroxyl groups is 2. The Kier molecular flexibility index (Phi) is 5.69. The molecular formula is C17H23NO4. The lowest BCUT2D eigenvalue weighted by atomic mass is 10.1. The third kappa shape index (κ3) is 3.93. The van der Waals surface area contributed by atoms with Crippen molar-refractivity contribution >= 4 is 10.9 Å². The second kappa shape index (κ2) is 7.73. The first-order valence-corrected chi connectivity index (χ1v) is 7.84. The molecule has 0 amide bonds. The van der Waals surface area contributed by atoms with E-state index in [1.165, 1.54) is 25.7 Å². The SMILES string of the molecule is CCCCCCCCOc1ccc2c(O)c(O)c(=O)[nH]c2c1. The van der Waals surface area contributed by atoms with Gasteiger partial charge in [0.25, 0.3) is 5.56 Å². The molecule has 0 spiro atoms. The summed E-state index contributed by atoms with van der Waals surface area (Å²) in [6.07, 6.45) is 7.19. The standard InChI is InChI=1S/C17H23NO4/c1-2-3-4-5-6-7-10-22-12-8-9-13-14(11-12)18-17(21)16(20)15(13)19/h8-9,11,20H,2-7,10H2,1H3,(H2,18,19,21). The molecule has 0 saturated heterocycles. The number of hydrogen-bond acceptors (Lipinski definition) is 4. The maximum atomic E-state index is 11.4. The average molecular weight is 305 g/mol. The maximum absolute atomic E-state index is 11.4. The Morgan fingerprint density at radius 1 is 1.05 bits per heavy atom. The number of pyridine rings is 1. The summed E-state index contributed by atoms with van der Waals surface area (Å²) in [6.45, 7) is 2.83. The molecule has 0 unspecified atom stereocenters. The van der Waals surface area contributed by atoms with E-state index < -0.39 is 17.1 Å². The fraction of sp³-hybridized carbons (Fsp3) is 0.471. The second-order valence-electron chi connectivity index (χ2n) is 5.47. The van der Waals surface area contributed by atoms with Crippen molar-refractivity contribution in [3.63, 3.8) is 0 Å². The number of unbranched alkanes of at least 4 members (excludes halogenated alkanes) is 5. The average Bonchev–Trinajstić information content (AvgIpc) is 2.52. The molecule has 2 rings (SSSR count). The topological polar surface area (TPSA) is 82.5 Å². The van der Waals surface area contributed by atoms with Crippen molar-refractivity contribution in [2.75, 3.05) is 6.61 Å². The first kappa shape index (κ1) is 16.2. The predicted octanol–water partition coefficient (Wildman–Crippen LogP) is 3.68. The van der Waals surface area contributed by atoms with Crippen LogP contribution in [0, 0.1) is 0 Å². The van der Waals surface area contributed by atoms with E-state index in [0.29, 0.717) is 23.3 Å². The Labute approximate surface area is 129 Å². The van der Waals surface area contributed by atoms with Gasteiger partial charge in [-0.05, 0) is 18.6 Å². The van der Waals surface area contributed by atoms with Crippen LogP contribution in [0.5, 0.6) is 17.2 Å². The van der Waals surface area contributed by atoms with Gasteiger partial charge in [-0.15, -0.1) is 0 Å². The highest BCUT2D eigenvalue weighted by molar-refractivity contribution is 5.87. The number of fused-ring (bicyclic) bond motifs is 1. The van der Waals surface area contributed by atoms with Crippen molar-refractivity contribution in [1.82, 2.24) is 4.98 Å². The molecule has 1 heterocycles. The number of benzene rings is 1. The Bertz CT molecular complexity index is 678. The Morgan fingerprint density at radius 2 is 1.77 bits per heavy atom. The van der Waals surface area contributed by atoms with E-state index in [-0.39, 0.29) is 0 Å². The van der Waals surface area contributed by atoms with Crippen molar-refractivity contribution in [1.29, 1.82) is 0 Å². The zero-order valence-electron chi connectivity index (χ0n) is 12.9. The third-order valence-electron chi connectivity index (χ3n) is 3.70. The van der Waals surface area contributed by atoms with Gasteiger partial charge < -0.3 is 19.9 Å². The minimum atomic E-state index is -0.710. The molecule has 0 bridgehead atoms. The molecule has 0 aliphatic heterocycles. The molecule has 1 aromatic heterocycles. The Balaban J connectivity index is 1.93. The highest BCUT2D eigenvalue weighted by Crippen LogP contribution is 2.30. The summed E-state index contributed by atoms with van der Waals surface area (Å²) in [5, 5.41) is 19.5. The Morgan fingerprint density at radius 3 is 2.55 bits per heavy atom. The number of aromatic amines is 1. The molecule has 0 aliphatic rings. The van der Waals surface area contributed by atoms with Crippen LogP contribution in [0.4, 0.5) is 0 Å². The van der Waals surface area contributed by atoms with Gasteiger partial charge in [0.15, 0.2) is 5.75 Å². The molecule has 5 nitrogen and oxygen atoms in total. The fourth-order valence-corrected chi connectivity index (χ4v) is 2.41. The van der Waals surface area contributed by atoms with Gasteiger partial charge >= 0.3 is 0 Å². The highest BCUT2D eigenvalue weighted by Gasteiger charge is 2.10. The maximum Gasteiger partial charge on any atom is 0.294 e.